The van der Waals surface area contributed by atoms with E-state index in [2.05, 4.69) is 25.5 Å². The topological polar surface area (TPSA) is 77.5 Å². The maximum absolute atomic E-state index is 13.3. The highest BCUT2D eigenvalue weighted by Gasteiger charge is 2.37. The van der Waals surface area contributed by atoms with Crippen LogP contribution in [0.2, 0.25) is 0 Å². The molecule has 0 unspecified atom stereocenters. The largest absolute Gasteiger partial charge is 0.416 e. The van der Waals surface area contributed by atoms with Crippen LogP contribution in [-0.2, 0) is 39.0 Å². The molecule has 0 saturated heterocycles. The van der Waals surface area contributed by atoms with Gasteiger partial charge in [0.2, 0.25) is 0 Å². The van der Waals surface area contributed by atoms with Crippen molar-refractivity contribution in [1.29, 1.82) is 0 Å². The molecule has 0 spiro atoms. The maximum atomic E-state index is 13.3. The summed E-state index contributed by atoms with van der Waals surface area (Å²) >= 11 is 0. The van der Waals surface area contributed by atoms with E-state index >= 15 is 0 Å². The molecule has 36 heavy (non-hydrogen) atoms. The fraction of sp³-hybridized carbons (Fsp3) is 0.409. The number of benzene rings is 1. The lowest BCUT2D eigenvalue weighted by Gasteiger charge is -2.22. The van der Waals surface area contributed by atoms with Gasteiger partial charge in [-0.1, -0.05) is 5.10 Å². The Balaban J connectivity index is 1.47. The molecule has 3 heterocycles. The average Bonchev–Trinajstić information content (AvgIpc) is 3.37. The van der Waals surface area contributed by atoms with Gasteiger partial charge in [0, 0.05) is 31.2 Å². The molecule has 5 rings (SSSR count). The van der Waals surface area contributed by atoms with Gasteiger partial charge in [0.15, 0.2) is 5.65 Å². The van der Waals surface area contributed by atoms with Gasteiger partial charge in [-0.15, -0.1) is 5.10 Å². The number of anilines is 1. The molecule has 0 bridgehead atoms. The Hall–Kier alpha value is -3.71. The third kappa shape index (κ3) is 5.26. The Morgan fingerprint density at radius 3 is 2.17 bits per heavy atom. The van der Waals surface area contributed by atoms with Crippen molar-refractivity contribution in [2.45, 2.75) is 44.8 Å². The van der Waals surface area contributed by atoms with Crippen molar-refractivity contribution in [2.75, 3.05) is 4.90 Å². The van der Waals surface area contributed by atoms with Gasteiger partial charge in [-0.2, -0.15) is 36.2 Å². The molecule has 0 radical (unpaired) electrons. The minimum atomic E-state index is -4.94. The summed E-state index contributed by atoms with van der Waals surface area (Å²) in [6.07, 6.45) is -4.29. The SMILES string of the molecule is Cn1nnc(N(Cc2cc(C(F)(F)F)cc(C(F)(F)F)c2)Cc2cnc3c(cnn3CC3CC3)c2)n1. The molecular weight excluding hydrogens is 490 g/mol. The van der Waals surface area contributed by atoms with Crippen LogP contribution in [0.3, 0.4) is 0 Å². The highest BCUT2D eigenvalue weighted by molar-refractivity contribution is 5.75. The maximum Gasteiger partial charge on any atom is 0.416 e. The van der Waals surface area contributed by atoms with Gasteiger partial charge in [0.05, 0.1) is 24.4 Å². The molecule has 1 saturated carbocycles. The lowest BCUT2D eigenvalue weighted by atomic mass is 10.0. The van der Waals surface area contributed by atoms with Gasteiger partial charge >= 0.3 is 12.4 Å². The number of aromatic nitrogens is 7. The highest BCUT2D eigenvalue weighted by Crippen LogP contribution is 2.37. The zero-order valence-corrected chi connectivity index (χ0v) is 18.9. The smallest absolute Gasteiger partial charge is 0.329 e. The lowest BCUT2D eigenvalue weighted by molar-refractivity contribution is -0.143. The standard InChI is InChI=1S/C22H20F6N8/c1-34-32-20(31-33-34)35(10-14-5-17(21(23,24)25)7-18(6-14)22(26,27)28)11-15-4-16-9-30-36(12-13-2-3-13)19(16)29-8-15/h4-9,13H,2-3,10-12H2,1H3. The molecule has 0 N–H and O–H groups in total. The number of pyridine rings is 1. The van der Waals surface area contributed by atoms with Crippen LogP contribution in [0, 0.1) is 5.92 Å². The van der Waals surface area contributed by atoms with E-state index in [9.17, 15) is 26.3 Å². The summed E-state index contributed by atoms with van der Waals surface area (Å²) in [5.74, 6) is 0.648. The molecule has 8 nitrogen and oxygen atoms in total. The van der Waals surface area contributed by atoms with Gasteiger partial charge in [0.1, 0.15) is 0 Å². The summed E-state index contributed by atoms with van der Waals surface area (Å²) in [4.78, 5) is 7.08. The number of aryl methyl sites for hydroxylation is 1. The Morgan fingerprint density at radius 2 is 1.58 bits per heavy atom. The fourth-order valence-electron chi connectivity index (χ4n) is 3.93. The second kappa shape index (κ2) is 8.75. The second-order valence-electron chi connectivity index (χ2n) is 8.88. The van der Waals surface area contributed by atoms with Crippen molar-refractivity contribution in [2.24, 2.45) is 13.0 Å². The van der Waals surface area contributed by atoms with Crippen molar-refractivity contribution >= 4 is 17.0 Å². The minimum Gasteiger partial charge on any atom is -0.329 e. The van der Waals surface area contributed by atoms with Crippen LogP contribution in [0.4, 0.5) is 32.3 Å². The first kappa shape index (κ1) is 24.0. The summed E-state index contributed by atoms with van der Waals surface area (Å²) in [6.45, 7) is 0.528. The van der Waals surface area contributed by atoms with E-state index in [4.69, 9.17) is 0 Å². The molecule has 0 atom stereocenters. The first-order valence-corrected chi connectivity index (χ1v) is 11.0. The quantitative estimate of drug-likeness (QED) is 0.338. The van der Waals surface area contributed by atoms with E-state index in [0.29, 0.717) is 29.3 Å². The van der Waals surface area contributed by atoms with Gasteiger partial charge in [-0.05, 0) is 59.4 Å². The monoisotopic (exact) mass is 510 g/mol. The number of tetrazole rings is 1. The van der Waals surface area contributed by atoms with Gasteiger partial charge in [-0.3, -0.25) is 0 Å². The van der Waals surface area contributed by atoms with Crippen LogP contribution in [0.1, 0.15) is 35.1 Å². The van der Waals surface area contributed by atoms with Crippen LogP contribution in [0.5, 0.6) is 0 Å². The molecule has 0 aliphatic heterocycles. The normalized spacial score (nSPS) is 14.5. The third-order valence-corrected chi connectivity index (χ3v) is 5.84. The summed E-state index contributed by atoms with van der Waals surface area (Å²) in [7, 11) is 1.50. The van der Waals surface area contributed by atoms with Crippen LogP contribution in [0.15, 0.2) is 36.7 Å². The average molecular weight is 510 g/mol. The third-order valence-electron chi connectivity index (χ3n) is 5.84. The summed E-state index contributed by atoms with van der Waals surface area (Å²) in [5.41, 5.74) is -1.60. The van der Waals surface area contributed by atoms with E-state index in [0.717, 1.165) is 29.6 Å². The molecule has 1 aliphatic rings. The number of nitrogens with zero attached hydrogens (tertiary/aromatic N) is 8. The minimum absolute atomic E-state index is 0.0491. The Morgan fingerprint density at radius 1 is 0.917 bits per heavy atom. The molecule has 1 fully saturated rings. The zero-order valence-electron chi connectivity index (χ0n) is 18.9. The van der Waals surface area contributed by atoms with Gasteiger partial charge in [0.25, 0.3) is 5.95 Å². The van der Waals surface area contributed by atoms with Crippen molar-refractivity contribution < 1.29 is 26.3 Å². The number of alkyl halides is 6. The number of hydrogen-bond donors (Lipinski definition) is 0. The highest BCUT2D eigenvalue weighted by atomic mass is 19.4. The van der Waals surface area contributed by atoms with E-state index in [1.165, 1.54) is 11.9 Å². The predicted molar refractivity (Wildman–Crippen MR) is 115 cm³/mol. The number of hydrogen-bond acceptors (Lipinski definition) is 6. The van der Waals surface area contributed by atoms with Crippen LogP contribution >= 0.6 is 0 Å². The molecular formula is C22H20F6N8. The van der Waals surface area contributed by atoms with Gasteiger partial charge < -0.3 is 4.90 Å². The van der Waals surface area contributed by atoms with E-state index in [1.54, 1.807) is 12.4 Å². The first-order valence-electron chi connectivity index (χ1n) is 11.0. The van der Waals surface area contributed by atoms with Crippen LogP contribution in [-0.4, -0.2) is 35.0 Å². The van der Waals surface area contributed by atoms with Crippen molar-refractivity contribution in [3.63, 3.8) is 0 Å². The molecule has 190 valence electrons. The number of halogens is 6. The first-order chi connectivity index (χ1) is 17.0. The second-order valence-corrected chi connectivity index (χ2v) is 8.88. The fourth-order valence-corrected chi connectivity index (χ4v) is 3.93. The Bertz CT molecular complexity index is 1350. The zero-order chi connectivity index (χ0) is 25.7. The molecule has 0 amide bonds. The Labute approximate surface area is 200 Å². The van der Waals surface area contributed by atoms with E-state index in [-0.39, 0.29) is 30.7 Å². The van der Waals surface area contributed by atoms with Crippen LogP contribution in [0.25, 0.3) is 11.0 Å². The predicted octanol–water partition coefficient (Wildman–Crippen LogP) is 4.61. The Kier molecular flexibility index (Phi) is 5.83. The van der Waals surface area contributed by atoms with Crippen molar-refractivity contribution in [3.05, 3.63) is 58.9 Å². The van der Waals surface area contributed by atoms with E-state index < -0.39 is 23.5 Å². The lowest BCUT2D eigenvalue weighted by Crippen LogP contribution is -2.24. The molecule has 1 aliphatic carbocycles. The number of fused-ring (bicyclic) bond motifs is 1. The number of rotatable bonds is 7. The van der Waals surface area contributed by atoms with Crippen molar-refractivity contribution in [3.8, 4) is 0 Å². The van der Waals surface area contributed by atoms with E-state index in [1.807, 2.05) is 10.7 Å². The van der Waals surface area contributed by atoms with Crippen LogP contribution < -0.4 is 4.90 Å². The summed E-state index contributed by atoms with van der Waals surface area (Å²) in [5, 5.41) is 16.9. The van der Waals surface area contributed by atoms with Crippen molar-refractivity contribution in [1.82, 2.24) is 35.0 Å². The molecule has 14 heteroatoms. The molecule has 1 aromatic carbocycles. The molecule has 4 aromatic rings. The van der Waals surface area contributed by atoms with Gasteiger partial charge in [-0.25, -0.2) is 9.67 Å². The molecule has 3 aromatic heterocycles. The summed E-state index contributed by atoms with van der Waals surface area (Å²) < 4.78 is 81.9. The summed E-state index contributed by atoms with van der Waals surface area (Å²) in [6, 6.07) is 3.32.